The Bertz CT molecular complexity index is 959. The van der Waals surface area contributed by atoms with Crippen LogP contribution in [0.4, 0.5) is 5.69 Å². The molecule has 2 aromatic rings. The van der Waals surface area contributed by atoms with Crippen LogP contribution in [0.1, 0.15) is 19.4 Å². The molecule has 0 aliphatic rings. The molecule has 166 valence electrons. The number of carbonyl (C=O) groups excluding carboxylic acids is 2. The van der Waals surface area contributed by atoms with Gasteiger partial charge in [0.15, 0.2) is 11.5 Å². The van der Waals surface area contributed by atoms with Crippen molar-refractivity contribution in [3.05, 3.63) is 53.1 Å². The van der Waals surface area contributed by atoms with Crippen LogP contribution in [-0.2, 0) is 9.59 Å². The van der Waals surface area contributed by atoms with E-state index in [1.54, 1.807) is 42.5 Å². The first-order valence-corrected chi connectivity index (χ1v) is 10.0. The molecule has 0 atom stereocenters. The summed E-state index contributed by atoms with van der Waals surface area (Å²) in [6, 6.07) is 10.3. The molecule has 0 saturated heterocycles. The van der Waals surface area contributed by atoms with Crippen molar-refractivity contribution in [1.82, 2.24) is 5.32 Å². The molecule has 2 rings (SSSR count). The lowest BCUT2D eigenvalue weighted by Gasteiger charge is -2.21. The zero-order valence-corrected chi connectivity index (χ0v) is 19.0. The molecule has 0 aromatic heterocycles. The van der Waals surface area contributed by atoms with E-state index < -0.39 is 0 Å². The predicted octanol–water partition coefficient (Wildman–Crippen LogP) is 3.94. The molecule has 0 fully saturated rings. The van der Waals surface area contributed by atoms with Crippen LogP contribution in [0.25, 0.3) is 6.08 Å². The van der Waals surface area contributed by atoms with Crippen molar-refractivity contribution in [2.75, 3.05) is 32.7 Å². The Kier molecular flexibility index (Phi) is 8.75. The number of amides is 2. The Morgan fingerprint density at radius 2 is 1.90 bits per heavy atom. The summed E-state index contributed by atoms with van der Waals surface area (Å²) in [5.41, 5.74) is 1.19. The van der Waals surface area contributed by atoms with Gasteiger partial charge in [-0.3, -0.25) is 14.5 Å². The summed E-state index contributed by atoms with van der Waals surface area (Å²) in [5, 5.41) is 2.90. The third-order valence-corrected chi connectivity index (χ3v) is 4.52. The fraction of sp³-hybridized carbons (Fsp3) is 0.304. The monoisotopic (exact) mass is 446 g/mol. The van der Waals surface area contributed by atoms with E-state index in [9.17, 15) is 9.59 Å². The van der Waals surface area contributed by atoms with Crippen LogP contribution in [0.5, 0.6) is 17.2 Å². The van der Waals surface area contributed by atoms with Crippen molar-refractivity contribution in [1.29, 1.82) is 0 Å². The van der Waals surface area contributed by atoms with E-state index in [-0.39, 0.29) is 24.5 Å². The van der Waals surface area contributed by atoms with Crippen LogP contribution in [0, 0.1) is 0 Å². The molecule has 0 bridgehead atoms. The Balaban J connectivity index is 2.33. The van der Waals surface area contributed by atoms with Crippen LogP contribution in [-0.4, -0.2) is 45.7 Å². The Hall–Kier alpha value is -3.19. The summed E-state index contributed by atoms with van der Waals surface area (Å²) < 4.78 is 16.3. The van der Waals surface area contributed by atoms with Gasteiger partial charge in [0.25, 0.3) is 5.91 Å². The molecule has 31 heavy (non-hydrogen) atoms. The van der Waals surface area contributed by atoms with Crippen molar-refractivity contribution in [2.45, 2.75) is 20.0 Å². The van der Waals surface area contributed by atoms with Gasteiger partial charge in [0.2, 0.25) is 5.91 Å². The van der Waals surface area contributed by atoms with E-state index in [0.717, 1.165) is 0 Å². The van der Waals surface area contributed by atoms with Crippen molar-refractivity contribution in [3.63, 3.8) is 0 Å². The Morgan fingerprint density at radius 3 is 2.52 bits per heavy atom. The lowest BCUT2D eigenvalue weighted by molar-refractivity contribution is -0.121. The summed E-state index contributed by atoms with van der Waals surface area (Å²) in [6.45, 7) is 3.64. The van der Waals surface area contributed by atoms with Gasteiger partial charge < -0.3 is 19.5 Å². The number of nitrogens with one attached hydrogen (secondary N) is 1. The van der Waals surface area contributed by atoms with Gasteiger partial charge >= 0.3 is 0 Å². The highest BCUT2D eigenvalue weighted by Gasteiger charge is 2.18. The summed E-state index contributed by atoms with van der Waals surface area (Å²) in [7, 11) is 4.57. The molecule has 8 heteroatoms. The molecule has 1 N–H and O–H groups in total. The molecule has 0 unspecified atom stereocenters. The Labute approximate surface area is 187 Å². The molecular weight excluding hydrogens is 420 g/mol. The number of hydrogen-bond acceptors (Lipinski definition) is 5. The van der Waals surface area contributed by atoms with Crippen molar-refractivity contribution >= 4 is 35.2 Å². The number of rotatable bonds is 9. The van der Waals surface area contributed by atoms with Crippen molar-refractivity contribution in [2.24, 2.45) is 0 Å². The van der Waals surface area contributed by atoms with Crippen LogP contribution in [0.15, 0.2) is 42.5 Å². The molecule has 0 aliphatic heterocycles. The molecule has 0 spiro atoms. The number of methoxy groups -OCH3 is 2. The molecule has 0 radical (unpaired) electrons. The van der Waals surface area contributed by atoms with Crippen LogP contribution in [0.3, 0.4) is 0 Å². The van der Waals surface area contributed by atoms with Gasteiger partial charge in [-0.05, 0) is 49.8 Å². The number of ether oxygens (including phenoxy) is 3. The maximum absolute atomic E-state index is 12.9. The third-order valence-electron chi connectivity index (χ3n) is 4.24. The molecule has 0 aliphatic carbocycles. The lowest BCUT2D eigenvalue weighted by atomic mass is 10.1. The Morgan fingerprint density at radius 1 is 1.16 bits per heavy atom. The van der Waals surface area contributed by atoms with Gasteiger partial charge in [-0.1, -0.05) is 17.7 Å². The second kappa shape index (κ2) is 11.3. The molecule has 2 aromatic carbocycles. The molecule has 7 nitrogen and oxygen atoms in total. The van der Waals surface area contributed by atoms with E-state index in [4.69, 9.17) is 25.8 Å². The fourth-order valence-electron chi connectivity index (χ4n) is 2.74. The first-order valence-electron chi connectivity index (χ1n) is 9.67. The van der Waals surface area contributed by atoms with E-state index >= 15 is 0 Å². The number of benzene rings is 2. The van der Waals surface area contributed by atoms with Gasteiger partial charge in [-0.2, -0.15) is 0 Å². The average Bonchev–Trinajstić information content (AvgIpc) is 2.76. The fourth-order valence-corrected chi connectivity index (χ4v) is 3.00. The maximum atomic E-state index is 12.9. The second-order valence-electron chi connectivity index (χ2n) is 6.83. The highest BCUT2D eigenvalue weighted by molar-refractivity contribution is 6.32. The van der Waals surface area contributed by atoms with Gasteiger partial charge in [0.1, 0.15) is 12.3 Å². The van der Waals surface area contributed by atoms with E-state index in [2.05, 4.69) is 5.32 Å². The van der Waals surface area contributed by atoms with E-state index in [1.807, 2.05) is 13.8 Å². The van der Waals surface area contributed by atoms with E-state index in [0.29, 0.717) is 33.5 Å². The van der Waals surface area contributed by atoms with Crippen molar-refractivity contribution in [3.8, 4) is 17.2 Å². The second-order valence-corrected chi connectivity index (χ2v) is 7.24. The number of likely N-dealkylation sites (N-methyl/N-ethyl adjacent to an activating group) is 1. The summed E-state index contributed by atoms with van der Waals surface area (Å²) in [4.78, 5) is 26.3. The highest BCUT2D eigenvalue weighted by Crippen LogP contribution is 2.37. The topological polar surface area (TPSA) is 77.1 Å². The number of halogens is 1. The van der Waals surface area contributed by atoms with Gasteiger partial charge in [-0.25, -0.2) is 0 Å². The smallest absolute Gasteiger partial charge is 0.251 e. The maximum Gasteiger partial charge on any atom is 0.251 e. The quantitative estimate of drug-likeness (QED) is 0.590. The van der Waals surface area contributed by atoms with Crippen molar-refractivity contribution < 1.29 is 23.8 Å². The third kappa shape index (κ3) is 6.65. The van der Waals surface area contributed by atoms with Crippen LogP contribution in [0.2, 0.25) is 5.02 Å². The largest absolute Gasteiger partial charge is 0.497 e. The molecule has 2 amide bonds. The summed E-state index contributed by atoms with van der Waals surface area (Å²) >= 11 is 6.35. The lowest BCUT2D eigenvalue weighted by Crippen LogP contribution is -2.39. The first kappa shape index (κ1) is 24.1. The molecule has 0 saturated carbocycles. The zero-order chi connectivity index (χ0) is 23.0. The number of nitrogens with zero attached hydrogens (tertiary/aromatic N) is 1. The van der Waals surface area contributed by atoms with Gasteiger partial charge in [0, 0.05) is 24.9 Å². The predicted molar refractivity (Wildman–Crippen MR) is 122 cm³/mol. The van der Waals surface area contributed by atoms with Gasteiger partial charge in [0.05, 0.1) is 25.3 Å². The SMILES string of the molecule is CNC(=O)CN(C(=O)C=Cc1cc(Cl)c(OC(C)C)c(OC)c1)c1cccc(OC)c1. The number of carbonyl (C=O) groups is 2. The minimum Gasteiger partial charge on any atom is -0.497 e. The van der Waals surface area contributed by atoms with E-state index in [1.165, 1.54) is 32.2 Å². The molecular formula is C23H27ClN2O5. The highest BCUT2D eigenvalue weighted by atomic mass is 35.5. The average molecular weight is 447 g/mol. The minimum absolute atomic E-state index is 0.0736. The number of hydrogen-bond donors (Lipinski definition) is 1. The minimum atomic E-state index is -0.380. The first-order chi connectivity index (χ1) is 14.8. The summed E-state index contributed by atoms with van der Waals surface area (Å²) in [6.07, 6.45) is 2.90. The summed E-state index contributed by atoms with van der Waals surface area (Å²) in [5.74, 6) is 0.802. The van der Waals surface area contributed by atoms with Gasteiger partial charge in [-0.15, -0.1) is 0 Å². The van der Waals surface area contributed by atoms with Crippen LogP contribution < -0.4 is 24.4 Å². The normalized spacial score (nSPS) is 10.8. The standard InChI is InChI=1S/C23H27ClN2O5/c1-15(2)31-23-19(24)11-16(12-20(23)30-5)9-10-22(28)26(14-21(27)25-3)17-7-6-8-18(13-17)29-4/h6-13,15H,14H2,1-5H3,(H,25,27). The number of anilines is 1. The van der Waals surface area contributed by atoms with Crippen LogP contribution >= 0.6 is 11.6 Å². The zero-order valence-electron chi connectivity index (χ0n) is 18.3. The molecule has 0 heterocycles.